The van der Waals surface area contributed by atoms with E-state index in [4.69, 9.17) is 18.8 Å². The first-order valence-electron chi connectivity index (χ1n) is 7.71. The van der Waals surface area contributed by atoms with E-state index in [0.29, 0.717) is 0 Å². The van der Waals surface area contributed by atoms with Gasteiger partial charge in [0.2, 0.25) is 0 Å². The molecule has 0 aromatic heterocycles. The van der Waals surface area contributed by atoms with Crippen LogP contribution in [0.5, 0.6) is 0 Å². The number of carbonyl (C=O) groups is 2. The summed E-state index contributed by atoms with van der Waals surface area (Å²) in [5.41, 5.74) is 0. The standard InChI is InChI=1S/C14H22F2O9S/c1-8(2)23-11(17)6-9-5-10(25-13(3,4)24-9)7-22-12(18)14(15,16)26(19,20)21/h8-10H,5-7H2,1-4H3,(H,19,20,21). The van der Waals surface area contributed by atoms with Crippen molar-refractivity contribution in [3.63, 3.8) is 0 Å². The highest BCUT2D eigenvalue weighted by atomic mass is 32.2. The second-order valence-corrected chi connectivity index (χ2v) is 7.91. The number of rotatable bonds is 7. The Morgan fingerprint density at radius 3 is 2.31 bits per heavy atom. The molecule has 1 aliphatic heterocycles. The number of alkyl halides is 2. The Hall–Kier alpha value is -1.37. The van der Waals surface area contributed by atoms with Gasteiger partial charge in [0.15, 0.2) is 5.79 Å². The first kappa shape index (κ1) is 22.7. The van der Waals surface area contributed by atoms with Gasteiger partial charge in [-0.2, -0.15) is 17.2 Å². The average Bonchev–Trinajstić information content (AvgIpc) is 2.40. The molecule has 0 saturated carbocycles. The fourth-order valence-corrected chi connectivity index (χ4v) is 2.57. The van der Waals surface area contributed by atoms with Crippen molar-refractivity contribution < 1.29 is 50.3 Å². The van der Waals surface area contributed by atoms with Crippen molar-refractivity contribution in [3.8, 4) is 0 Å². The number of hydrogen-bond acceptors (Lipinski definition) is 8. The van der Waals surface area contributed by atoms with Crippen molar-refractivity contribution in [2.24, 2.45) is 0 Å². The van der Waals surface area contributed by atoms with Crippen LogP contribution in [-0.4, -0.2) is 60.9 Å². The van der Waals surface area contributed by atoms with Crippen LogP contribution in [0.15, 0.2) is 0 Å². The van der Waals surface area contributed by atoms with Crippen LogP contribution in [0, 0.1) is 0 Å². The quantitative estimate of drug-likeness (QED) is 0.493. The van der Waals surface area contributed by atoms with Crippen molar-refractivity contribution >= 4 is 22.1 Å². The van der Waals surface area contributed by atoms with Gasteiger partial charge in [-0.1, -0.05) is 0 Å². The summed E-state index contributed by atoms with van der Waals surface area (Å²) in [5.74, 6) is -4.16. The van der Waals surface area contributed by atoms with Gasteiger partial charge in [-0.3, -0.25) is 9.35 Å². The number of carbonyl (C=O) groups excluding carboxylic acids is 2. The summed E-state index contributed by atoms with van der Waals surface area (Å²) in [4.78, 5) is 22.9. The first-order valence-corrected chi connectivity index (χ1v) is 9.15. The van der Waals surface area contributed by atoms with Gasteiger partial charge >= 0.3 is 27.3 Å². The third kappa shape index (κ3) is 6.41. The summed E-state index contributed by atoms with van der Waals surface area (Å²) in [6.07, 6.45) is -2.06. The van der Waals surface area contributed by atoms with Gasteiger partial charge in [0.05, 0.1) is 24.7 Å². The van der Waals surface area contributed by atoms with E-state index < -0.39 is 51.9 Å². The zero-order valence-electron chi connectivity index (χ0n) is 14.7. The third-order valence-electron chi connectivity index (χ3n) is 3.15. The zero-order chi connectivity index (χ0) is 20.3. The average molecular weight is 404 g/mol. The largest absolute Gasteiger partial charge is 0.465 e. The molecule has 1 N–H and O–H groups in total. The highest BCUT2D eigenvalue weighted by molar-refractivity contribution is 7.87. The Morgan fingerprint density at radius 2 is 1.81 bits per heavy atom. The summed E-state index contributed by atoms with van der Waals surface area (Å²) in [6, 6.07) is 0. The summed E-state index contributed by atoms with van der Waals surface area (Å²) >= 11 is 0. The summed E-state index contributed by atoms with van der Waals surface area (Å²) in [5, 5.41) is -5.09. The summed E-state index contributed by atoms with van der Waals surface area (Å²) in [7, 11) is -5.95. The van der Waals surface area contributed by atoms with E-state index in [-0.39, 0.29) is 18.9 Å². The van der Waals surface area contributed by atoms with Crippen LogP contribution in [0.4, 0.5) is 8.78 Å². The predicted octanol–water partition coefficient (Wildman–Crippen LogP) is 1.26. The Labute approximate surface area is 149 Å². The number of halogens is 2. The molecule has 0 aromatic carbocycles. The molecule has 0 aromatic rings. The van der Waals surface area contributed by atoms with Gasteiger partial charge in [0.1, 0.15) is 6.61 Å². The van der Waals surface area contributed by atoms with Crippen molar-refractivity contribution in [1.29, 1.82) is 0 Å². The molecule has 2 unspecified atom stereocenters. The lowest BCUT2D eigenvalue weighted by Gasteiger charge is -2.40. The van der Waals surface area contributed by atoms with Crippen molar-refractivity contribution in [2.45, 2.75) is 69.9 Å². The van der Waals surface area contributed by atoms with Crippen LogP contribution >= 0.6 is 0 Å². The molecule has 1 aliphatic rings. The molecule has 2 atom stereocenters. The Balaban J connectivity index is 2.69. The number of ether oxygens (including phenoxy) is 4. The van der Waals surface area contributed by atoms with Crippen molar-refractivity contribution in [1.82, 2.24) is 0 Å². The SMILES string of the molecule is CC(C)OC(=O)CC1CC(COC(=O)C(F)(F)S(=O)(=O)O)OC(C)(C)O1. The molecule has 0 amide bonds. The normalized spacial score (nSPS) is 23.5. The van der Waals surface area contributed by atoms with E-state index in [9.17, 15) is 26.8 Å². The fraction of sp³-hybridized carbons (Fsp3) is 0.857. The van der Waals surface area contributed by atoms with Gasteiger partial charge in [0.25, 0.3) is 0 Å². The second-order valence-electron chi connectivity index (χ2n) is 6.45. The third-order valence-corrected chi connectivity index (χ3v) is 3.96. The minimum absolute atomic E-state index is 0.0152. The van der Waals surface area contributed by atoms with Gasteiger partial charge < -0.3 is 18.9 Å². The number of hydrogen-bond donors (Lipinski definition) is 1. The molecule has 12 heteroatoms. The Kier molecular flexibility index (Phi) is 7.07. The van der Waals surface area contributed by atoms with Crippen LogP contribution in [0.2, 0.25) is 0 Å². The first-order chi connectivity index (χ1) is 11.6. The van der Waals surface area contributed by atoms with Gasteiger partial charge in [-0.25, -0.2) is 4.79 Å². The maximum Gasteiger partial charge on any atom is 0.465 e. The molecular weight excluding hydrogens is 382 g/mol. The maximum atomic E-state index is 13.2. The van der Waals surface area contributed by atoms with E-state index in [1.54, 1.807) is 13.8 Å². The monoisotopic (exact) mass is 404 g/mol. The summed E-state index contributed by atoms with van der Waals surface area (Å²) in [6.45, 7) is 5.64. The van der Waals surface area contributed by atoms with Crippen LogP contribution in [0.25, 0.3) is 0 Å². The molecule has 152 valence electrons. The maximum absolute atomic E-state index is 13.2. The molecule has 0 bridgehead atoms. The van der Waals surface area contributed by atoms with E-state index in [2.05, 4.69) is 4.74 Å². The fourth-order valence-electron chi connectivity index (χ4n) is 2.30. The Bertz CT molecular complexity index is 630. The lowest BCUT2D eigenvalue weighted by atomic mass is 10.1. The topological polar surface area (TPSA) is 125 Å². The molecule has 1 heterocycles. The molecule has 1 fully saturated rings. The van der Waals surface area contributed by atoms with Crippen LogP contribution in [0.3, 0.4) is 0 Å². The molecule has 1 saturated heterocycles. The van der Waals surface area contributed by atoms with Crippen molar-refractivity contribution in [2.75, 3.05) is 6.61 Å². The molecule has 1 rings (SSSR count). The minimum Gasteiger partial charge on any atom is -0.463 e. The second kappa shape index (κ2) is 8.11. The van der Waals surface area contributed by atoms with E-state index in [0.717, 1.165) is 0 Å². The zero-order valence-corrected chi connectivity index (χ0v) is 15.5. The van der Waals surface area contributed by atoms with E-state index >= 15 is 0 Å². The van der Waals surface area contributed by atoms with Gasteiger partial charge in [0, 0.05) is 6.42 Å². The van der Waals surface area contributed by atoms with E-state index in [1.165, 1.54) is 13.8 Å². The van der Waals surface area contributed by atoms with Crippen LogP contribution < -0.4 is 0 Å². The molecule has 0 spiro atoms. The van der Waals surface area contributed by atoms with E-state index in [1.807, 2.05) is 0 Å². The van der Waals surface area contributed by atoms with Crippen LogP contribution in [0.1, 0.15) is 40.5 Å². The van der Waals surface area contributed by atoms with Gasteiger partial charge in [-0.05, 0) is 27.7 Å². The summed E-state index contributed by atoms with van der Waals surface area (Å²) < 4.78 is 75.9. The minimum atomic E-state index is -5.95. The smallest absolute Gasteiger partial charge is 0.463 e. The molecule has 9 nitrogen and oxygen atoms in total. The molecule has 0 aliphatic carbocycles. The molecular formula is C14H22F2O9S. The lowest BCUT2D eigenvalue weighted by Crippen LogP contribution is -2.48. The molecule has 26 heavy (non-hydrogen) atoms. The van der Waals surface area contributed by atoms with Crippen LogP contribution in [-0.2, 0) is 38.7 Å². The highest BCUT2D eigenvalue weighted by Gasteiger charge is 2.54. The predicted molar refractivity (Wildman–Crippen MR) is 81.7 cm³/mol. The van der Waals surface area contributed by atoms with Gasteiger partial charge in [-0.15, -0.1) is 0 Å². The highest BCUT2D eigenvalue weighted by Crippen LogP contribution is 2.29. The Morgan fingerprint density at radius 1 is 1.27 bits per heavy atom. The molecule has 0 radical (unpaired) electrons. The number of esters is 2. The van der Waals surface area contributed by atoms with Crippen molar-refractivity contribution in [3.05, 3.63) is 0 Å². The lowest BCUT2D eigenvalue weighted by molar-refractivity contribution is -0.305.